The molecule has 0 aromatic heterocycles. The summed E-state index contributed by atoms with van der Waals surface area (Å²) >= 11 is 0. The Morgan fingerprint density at radius 2 is 1.87 bits per heavy atom. The summed E-state index contributed by atoms with van der Waals surface area (Å²) in [4.78, 5) is 12.0. The molecular weight excluding hydrogens is 298 g/mol. The van der Waals surface area contributed by atoms with E-state index >= 15 is 0 Å². The monoisotopic (exact) mass is 319 g/mol. The quantitative estimate of drug-likeness (QED) is 0.874. The van der Waals surface area contributed by atoms with Crippen LogP contribution in [0.15, 0.2) is 36.4 Å². The average molecular weight is 319 g/mol. The lowest BCUT2D eigenvalue weighted by molar-refractivity contribution is -0.682. The van der Waals surface area contributed by atoms with Crippen LogP contribution in [0.5, 0.6) is 0 Å². The lowest BCUT2D eigenvalue weighted by Gasteiger charge is -2.12. The van der Waals surface area contributed by atoms with E-state index in [1.807, 2.05) is 32.0 Å². The number of carbonyl (C=O) groups is 1. The van der Waals surface area contributed by atoms with Crippen LogP contribution in [0.4, 0.5) is 14.5 Å². The van der Waals surface area contributed by atoms with Gasteiger partial charge in [-0.1, -0.05) is 6.07 Å². The molecule has 0 aliphatic rings. The first-order chi connectivity index (χ1) is 10.9. The van der Waals surface area contributed by atoms with Crippen LogP contribution in [0, 0.1) is 25.5 Å². The highest BCUT2D eigenvalue weighted by atomic mass is 19.1. The predicted octanol–water partition coefficient (Wildman–Crippen LogP) is 2.84. The Labute approximate surface area is 134 Å². The molecule has 2 aromatic rings. The zero-order chi connectivity index (χ0) is 17.0. The molecule has 0 heterocycles. The number of halogens is 2. The highest BCUT2D eigenvalue weighted by molar-refractivity contribution is 5.91. The second-order valence-electron chi connectivity index (χ2n) is 5.74. The smallest absolute Gasteiger partial charge is 0.279 e. The fourth-order valence-corrected chi connectivity index (χ4v) is 2.31. The third-order valence-electron chi connectivity index (χ3n) is 3.90. The molecule has 3 nitrogen and oxygen atoms in total. The van der Waals surface area contributed by atoms with Crippen LogP contribution >= 0.6 is 0 Å². The summed E-state index contributed by atoms with van der Waals surface area (Å²) < 4.78 is 26.6. The minimum absolute atomic E-state index is 0.158. The number of anilines is 1. The number of aryl methyl sites for hydroxylation is 2. The first-order valence-corrected chi connectivity index (χ1v) is 7.52. The van der Waals surface area contributed by atoms with E-state index in [-0.39, 0.29) is 18.5 Å². The third kappa shape index (κ3) is 4.60. The average Bonchev–Trinajstić information content (AvgIpc) is 2.48. The second kappa shape index (κ2) is 7.33. The molecule has 1 amide bonds. The van der Waals surface area contributed by atoms with Crippen molar-refractivity contribution in [2.75, 3.05) is 11.9 Å². The number of hydrogen-bond donors (Lipinski definition) is 2. The van der Waals surface area contributed by atoms with Crippen molar-refractivity contribution >= 4 is 11.6 Å². The zero-order valence-electron chi connectivity index (χ0n) is 13.5. The first-order valence-electron chi connectivity index (χ1n) is 7.52. The molecular formula is C18H21F2N2O+. The van der Waals surface area contributed by atoms with Gasteiger partial charge in [0, 0.05) is 17.3 Å². The largest absolute Gasteiger partial charge is 0.332 e. The lowest BCUT2D eigenvalue weighted by Crippen LogP contribution is -2.86. The number of nitrogens with two attached hydrogens (primary N) is 1. The van der Waals surface area contributed by atoms with E-state index in [2.05, 4.69) is 5.32 Å². The molecule has 2 rings (SSSR count). The molecule has 0 bridgehead atoms. The van der Waals surface area contributed by atoms with Crippen LogP contribution < -0.4 is 10.6 Å². The van der Waals surface area contributed by atoms with Gasteiger partial charge in [0.2, 0.25) is 0 Å². The van der Waals surface area contributed by atoms with Crippen molar-refractivity contribution in [1.29, 1.82) is 0 Å². The molecule has 23 heavy (non-hydrogen) atoms. The molecule has 0 fully saturated rings. The molecule has 2 aromatic carbocycles. The van der Waals surface area contributed by atoms with Gasteiger partial charge in [-0.05, 0) is 56.2 Å². The SMILES string of the molecule is Cc1ccc(NC(=O)C[NH2+][C@@H](C)c2ccc(F)cc2F)cc1C. The molecule has 1 atom stereocenters. The molecule has 3 N–H and O–H groups in total. The van der Waals surface area contributed by atoms with Gasteiger partial charge in [0.05, 0.1) is 0 Å². The zero-order valence-corrected chi connectivity index (χ0v) is 13.5. The Morgan fingerprint density at radius 1 is 1.13 bits per heavy atom. The molecule has 0 aliphatic carbocycles. The molecule has 0 radical (unpaired) electrons. The normalized spacial score (nSPS) is 12.0. The van der Waals surface area contributed by atoms with Crippen LogP contribution in [-0.4, -0.2) is 12.5 Å². The molecule has 0 spiro atoms. The van der Waals surface area contributed by atoms with Crippen molar-refractivity contribution in [2.24, 2.45) is 0 Å². The first kappa shape index (κ1) is 17.1. The van der Waals surface area contributed by atoms with E-state index in [0.717, 1.165) is 22.9 Å². The molecule has 0 saturated heterocycles. The van der Waals surface area contributed by atoms with Gasteiger partial charge in [0.1, 0.15) is 17.7 Å². The summed E-state index contributed by atoms with van der Waals surface area (Å²) in [6, 6.07) is 8.92. The second-order valence-corrected chi connectivity index (χ2v) is 5.74. The van der Waals surface area contributed by atoms with Gasteiger partial charge in [0.15, 0.2) is 6.54 Å². The number of nitrogens with one attached hydrogen (secondary N) is 1. The van der Waals surface area contributed by atoms with E-state index in [1.54, 1.807) is 12.2 Å². The van der Waals surface area contributed by atoms with Crippen LogP contribution in [0.1, 0.15) is 29.7 Å². The van der Waals surface area contributed by atoms with Crippen molar-refractivity contribution < 1.29 is 18.9 Å². The van der Waals surface area contributed by atoms with Gasteiger partial charge < -0.3 is 10.6 Å². The number of hydrogen-bond acceptors (Lipinski definition) is 1. The molecule has 5 heteroatoms. The van der Waals surface area contributed by atoms with E-state index in [0.29, 0.717) is 5.56 Å². The fraction of sp³-hybridized carbons (Fsp3) is 0.278. The molecule has 0 unspecified atom stereocenters. The van der Waals surface area contributed by atoms with Gasteiger partial charge >= 0.3 is 0 Å². The topological polar surface area (TPSA) is 45.7 Å². The summed E-state index contributed by atoms with van der Waals surface area (Å²) in [7, 11) is 0. The summed E-state index contributed by atoms with van der Waals surface area (Å²) in [5.74, 6) is -1.36. The Bertz CT molecular complexity index is 716. The van der Waals surface area contributed by atoms with Gasteiger partial charge in [-0.25, -0.2) is 8.78 Å². The maximum absolute atomic E-state index is 13.7. The van der Waals surface area contributed by atoms with Crippen LogP contribution in [0.25, 0.3) is 0 Å². The van der Waals surface area contributed by atoms with Crippen molar-refractivity contribution in [3.05, 3.63) is 64.7 Å². The number of benzene rings is 2. The van der Waals surface area contributed by atoms with Crippen molar-refractivity contribution in [3.8, 4) is 0 Å². The maximum atomic E-state index is 13.7. The molecule has 0 aliphatic heterocycles. The Hall–Kier alpha value is -2.27. The van der Waals surface area contributed by atoms with E-state index in [4.69, 9.17) is 0 Å². The minimum Gasteiger partial charge on any atom is -0.332 e. The molecule has 122 valence electrons. The van der Waals surface area contributed by atoms with Crippen LogP contribution in [0.2, 0.25) is 0 Å². The van der Waals surface area contributed by atoms with Gasteiger partial charge in [-0.15, -0.1) is 0 Å². The van der Waals surface area contributed by atoms with Crippen LogP contribution in [-0.2, 0) is 4.79 Å². The Balaban J connectivity index is 1.91. The number of quaternary nitrogens is 1. The summed E-state index contributed by atoms with van der Waals surface area (Å²) in [5, 5.41) is 4.53. The van der Waals surface area contributed by atoms with E-state index < -0.39 is 11.6 Å². The summed E-state index contributed by atoms with van der Waals surface area (Å²) in [6.07, 6.45) is 0. The number of rotatable bonds is 5. The highest BCUT2D eigenvalue weighted by Crippen LogP contribution is 2.15. The van der Waals surface area contributed by atoms with Gasteiger partial charge in [-0.2, -0.15) is 0 Å². The van der Waals surface area contributed by atoms with Gasteiger partial charge in [0.25, 0.3) is 5.91 Å². The van der Waals surface area contributed by atoms with Crippen molar-refractivity contribution in [3.63, 3.8) is 0 Å². The van der Waals surface area contributed by atoms with E-state index in [1.165, 1.54) is 12.1 Å². The Morgan fingerprint density at radius 3 is 2.52 bits per heavy atom. The highest BCUT2D eigenvalue weighted by Gasteiger charge is 2.16. The van der Waals surface area contributed by atoms with Crippen molar-refractivity contribution in [1.82, 2.24) is 0 Å². The predicted molar refractivity (Wildman–Crippen MR) is 86.1 cm³/mol. The maximum Gasteiger partial charge on any atom is 0.279 e. The number of amides is 1. The Kier molecular flexibility index (Phi) is 5.45. The van der Waals surface area contributed by atoms with Gasteiger partial charge in [-0.3, -0.25) is 4.79 Å². The van der Waals surface area contributed by atoms with Crippen LogP contribution in [0.3, 0.4) is 0 Å². The minimum atomic E-state index is -0.606. The standard InChI is InChI=1S/C18H20F2N2O/c1-11-4-6-15(8-12(11)2)22-18(23)10-21-13(3)16-7-5-14(19)9-17(16)20/h4-9,13,21H,10H2,1-3H3,(H,22,23)/p+1/t13-/m0/s1. The summed E-state index contributed by atoms with van der Waals surface area (Å²) in [6.45, 7) is 5.93. The third-order valence-corrected chi connectivity index (χ3v) is 3.90. The summed E-state index contributed by atoms with van der Waals surface area (Å²) in [5.41, 5.74) is 3.39. The number of carbonyl (C=O) groups excluding carboxylic acids is 1. The van der Waals surface area contributed by atoms with E-state index in [9.17, 15) is 13.6 Å². The fourth-order valence-electron chi connectivity index (χ4n) is 2.31. The van der Waals surface area contributed by atoms with Crippen molar-refractivity contribution in [2.45, 2.75) is 26.8 Å². The molecule has 0 saturated carbocycles. The lowest BCUT2D eigenvalue weighted by atomic mass is 10.1.